The number of benzene rings is 2. The maximum atomic E-state index is 10.8. The lowest BCUT2D eigenvalue weighted by Gasteiger charge is -2.06. The number of nitro benzene ring substituents is 1. The molecule has 17 heavy (non-hydrogen) atoms. The number of nitrogens with one attached hydrogen (secondary N) is 1. The molecule has 0 heterocycles. The van der Waals surface area contributed by atoms with Gasteiger partial charge in [-0.3, -0.25) is 10.1 Å². The molecule has 0 bridgehead atoms. The summed E-state index contributed by atoms with van der Waals surface area (Å²) in [6, 6.07) is 14.7. The highest BCUT2D eigenvalue weighted by Gasteiger charge is 2.10. The van der Waals surface area contributed by atoms with E-state index >= 15 is 0 Å². The van der Waals surface area contributed by atoms with Crippen LogP contribution >= 0.6 is 0 Å². The highest BCUT2D eigenvalue weighted by atomic mass is 16.6. The monoisotopic (exact) mass is 228 g/mol. The molecule has 2 aromatic rings. The average molecular weight is 228 g/mol. The van der Waals surface area contributed by atoms with Gasteiger partial charge in [0.1, 0.15) is 0 Å². The molecule has 0 aromatic heterocycles. The Kier molecular flexibility index (Phi) is 3.05. The topological polar surface area (TPSA) is 55.2 Å². The molecule has 0 aliphatic carbocycles. The van der Waals surface area contributed by atoms with E-state index in [1.807, 2.05) is 36.4 Å². The number of nitro groups is 1. The Bertz CT molecular complexity index is 538. The van der Waals surface area contributed by atoms with E-state index in [4.69, 9.17) is 0 Å². The Balaban J connectivity index is 2.29. The van der Waals surface area contributed by atoms with E-state index in [0.29, 0.717) is 11.3 Å². The van der Waals surface area contributed by atoms with Gasteiger partial charge in [-0.1, -0.05) is 24.3 Å². The molecule has 0 unspecified atom stereocenters. The summed E-state index contributed by atoms with van der Waals surface area (Å²) in [5.74, 6) is 0. The molecule has 0 saturated carbocycles. The molecule has 0 atom stereocenters. The van der Waals surface area contributed by atoms with Gasteiger partial charge in [-0.2, -0.15) is 0 Å². The standard InChI is InChI=1S/C13H12N2O2/c1-10-7-8-12(9-13(10)15(16)17)14-11-5-3-2-4-6-11/h2-9,14H,1H3. The summed E-state index contributed by atoms with van der Waals surface area (Å²) in [5, 5.41) is 13.9. The molecule has 4 nitrogen and oxygen atoms in total. The fourth-order valence-corrected chi connectivity index (χ4v) is 1.57. The Morgan fingerprint density at radius 2 is 1.76 bits per heavy atom. The molecule has 86 valence electrons. The Morgan fingerprint density at radius 3 is 2.41 bits per heavy atom. The van der Waals surface area contributed by atoms with Crippen molar-refractivity contribution in [1.82, 2.24) is 0 Å². The van der Waals surface area contributed by atoms with Gasteiger partial charge in [-0.05, 0) is 25.1 Å². The predicted octanol–water partition coefficient (Wildman–Crippen LogP) is 3.65. The van der Waals surface area contributed by atoms with E-state index in [2.05, 4.69) is 5.32 Å². The minimum absolute atomic E-state index is 0.130. The van der Waals surface area contributed by atoms with Gasteiger partial charge in [-0.25, -0.2) is 0 Å². The fraction of sp³-hybridized carbons (Fsp3) is 0.0769. The normalized spacial score (nSPS) is 9.94. The lowest BCUT2D eigenvalue weighted by molar-refractivity contribution is -0.385. The molecule has 0 amide bonds. The van der Waals surface area contributed by atoms with E-state index in [9.17, 15) is 10.1 Å². The molecule has 0 radical (unpaired) electrons. The van der Waals surface area contributed by atoms with Gasteiger partial charge >= 0.3 is 0 Å². The number of para-hydroxylation sites is 1. The van der Waals surface area contributed by atoms with E-state index in [1.165, 1.54) is 0 Å². The zero-order chi connectivity index (χ0) is 12.3. The second kappa shape index (κ2) is 4.65. The largest absolute Gasteiger partial charge is 0.355 e. The maximum Gasteiger partial charge on any atom is 0.274 e. The highest BCUT2D eigenvalue weighted by molar-refractivity contribution is 5.63. The first-order chi connectivity index (χ1) is 8.16. The van der Waals surface area contributed by atoms with Crippen LogP contribution in [-0.4, -0.2) is 4.92 Å². The summed E-state index contributed by atoms with van der Waals surface area (Å²) in [6.45, 7) is 1.73. The molecule has 0 saturated heterocycles. The van der Waals surface area contributed by atoms with Crippen LogP contribution in [0.15, 0.2) is 48.5 Å². The minimum atomic E-state index is -0.370. The second-order valence-corrected chi connectivity index (χ2v) is 3.75. The number of hydrogen-bond acceptors (Lipinski definition) is 3. The first kappa shape index (κ1) is 11.1. The molecule has 4 heteroatoms. The number of rotatable bonds is 3. The van der Waals surface area contributed by atoms with E-state index in [-0.39, 0.29) is 10.6 Å². The van der Waals surface area contributed by atoms with Gasteiger partial charge in [-0.15, -0.1) is 0 Å². The third-order valence-electron chi connectivity index (χ3n) is 2.47. The van der Waals surface area contributed by atoms with Crippen LogP contribution in [0.5, 0.6) is 0 Å². The van der Waals surface area contributed by atoms with Crippen molar-refractivity contribution in [3.8, 4) is 0 Å². The van der Waals surface area contributed by atoms with Crippen molar-refractivity contribution >= 4 is 17.1 Å². The summed E-state index contributed by atoms with van der Waals surface area (Å²) in [4.78, 5) is 10.4. The summed E-state index contributed by atoms with van der Waals surface area (Å²) >= 11 is 0. The van der Waals surface area contributed by atoms with Crippen molar-refractivity contribution in [3.63, 3.8) is 0 Å². The van der Waals surface area contributed by atoms with Crippen LogP contribution in [0.3, 0.4) is 0 Å². The highest BCUT2D eigenvalue weighted by Crippen LogP contribution is 2.24. The number of hydrogen-bond donors (Lipinski definition) is 1. The summed E-state index contributed by atoms with van der Waals surface area (Å²) in [7, 11) is 0. The van der Waals surface area contributed by atoms with Gasteiger partial charge in [0.05, 0.1) is 4.92 Å². The van der Waals surface area contributed by atoms with E-state index in [0.717, 1.165) is 5.69 Å². The van der Waals surface area contributed by atoms with Crippen LogP contribution in [0, 0.1) is 17.0 Å². The van der Waals surface area contributed by atoms with Crippen molar-refractivity contribution in [2.45, 2.75) is 6.92 Å². The smallest absolute Gasteiger partial charge is 0.274 e. The van der Waals surface area contributed by atoms with Crippen molar-refractivity contribution in [2.75, 3.05) is 5.32 Å². The number of nitrogens with zero attached hydrogens (tertiary/aromatic N) is 1. The van der Waals surface area contributed by atoms with Gasteiger partial charge in [0.2, 0.25) is 0 Å². The van der Waals surface area contributed by atoms with Gasteiger partial charge in [0.15, 0.2) is 0 Å². The van der Waals surface area contributed by atoms with E-state index < -0.39 is 0 Å². The van der Waals surface area contributed by atoms with Crippen LogP contribution in [-0.2, 0) is 0 Å². The Hall–Kier alpha value is -2.36. The molecule has 2 aromatic carbocycles. The molecule has 2 rings (SSSR count). The third kappa shape index (κ3) is 2.60. The van der Waals surface area contributed by atoms with Crippen LogP contribution in [0.4, 0.5) is 17.1 Å². The first-order valence-corrected chi connectivity index (χ1v) is 5.24. The molecule has 0 fully saturated rings. The molecule has 0 aliphatic rings. The quantitative estimate of drug-likeness (QED) is 0.644. The van der Waals surface area contributed by atoms with Gasteiger partial charge in [0, 0.05) is 23.0 Å². The van der Waals surface area contributed by atoms with Crippen molar-refractivity contribution in [1.29, 1.82) is 0 Å². The number of anilines is 2. The minimum Gasteiger partial charge on any atom is -0.355 e. The van der Waals surface area contributed by atoms with Crippen LogP contribution in [0.2, 0.25) is 0 Å². The second-order valence-electron chi connectivity index (χ2n) is 3.75. The zero-order valence-electron chi connectivity index (χ0n) is 9.38. The molecule has 0 spiro atoms. The van der Waals surface area contributed by atoms with Crippen molar-refractivity contribution < 1.29 is 4.92 Å². The first-order valence-electron chi connectivity index (χ1n) is 5.24. The van der Waals surface area contributed by atoms with Crippen LogP contribution < -0.4 is 5.32 Å². The number of aryl methyl sites for hydroxylation is 1. The van der Waals surface area contributed by atoms with Gasteiger partial charge < -0.3 is 5.32 Å². The Labute approximate surface area is 99.1 Å². The predicted molar refractivity (Wildman–Crippen MR) is 67.6 cm³/mol. The molecular weight excluding hydrogens is 216 g/mol. The summed E-state index contributed by atoms with van der Waals surface area (Å²) < 4.78 is 0. The molecule has 0 aliphatic heterocycles. The summed E-state index contributed by atoms with van der Waals surface area (Å²) in [6.07, 6.45) is 0. The Morgan fingerprint density at radius 1 is 1.06 bits per heavy atom. The summed E-state index contributed by atoms with van der Waals surface area (Å²) in [5.41, 5.74) is 2.42. The van der Waals surface area contributed by atoms with E-state index in [1.54, 1.807) is 19.1 Å². The zero-order valence-corrected chi connectivity index (χ0v) is 9.38. The lowest BCUT2D eigenvalue weighted by atomic mass is 10.2. The third-order valence-corrected chi connectivity index (χ3v) is 2.47. The van der Waals surface area contributed by atoms with Crippen molar-refractivity contribution in [3.05, 3.63) is 64.2 Å². The molecular formula is C13H12N2O2. The maximum absolute atomic E-state index is 10.8. The SMILES string of the molecule is Cc1ccc(Nc2ccccc2)cc1[N+](=O)[O-]. The fourth-order valence-electron chi connectivity index (χ4n) is 1.57. The van der Waals surface area contributed by atoms with Crippen LogP contribution in [0.1, 0.15) is 5.56 Å². The lowest BCUT2D eigenvalue weighted by Crippen LogP contribution is -1.95. The molecule has 1 N–H and O–H groups in total. The van der Waals surface area contributed by atoms with Gasteiger partial charge in [0.25, 0.3) is 5.69 Å². The average Bonchev–Trinajstić information content (AvgIpc) is 2.32. The van der Waals surface area contributed by atoms with Crippen LogP contribution in [0.25, 0.3) is 0 Å². The van der Waals surface area contributed by atoms with Crippen molar-refractivity contribution in [2.24, 2.45) is 0 Å².